The van der Waals surface area contributed by atoms with Crippen LogP contribution in [0.5, 0.6) is 0 Å². The third-order valence-corrected chi connectivity index (χ3v) is 4.18. The summed E-state index contributed by atoms with van der Waals surface area (Å²) < 4.78 is 0. The van der Waals surface area contributed by atoms with Crippen LogP contribution in [0.25, 0.3) is 0 Å². The van der Waals surface area contributed by atoms with E-state index in [1.54, 1.807) is 11.8 Å². The molecular formula is C14H26N2O4. The SMILES string of the molecule is CCCCN(CCO)C(=O)NC1CCCC1(C)C(=O)O. The lowest BCUT2D eigenvalue weighted by Gasteiger charge is -2.30. The molecule has 0 spiro atoms. The van der Waals surface area contributed by atoms with Gasteiger partial charge in [0.25, 0.3) is 0 Å². The monoisotopic (exact) mass is 286 g/mol. The first-order chi connectivity index (χ1) is 9.45. The average molecular weight is 286 g/mol. The molecule has 0 aromatic rings. The Kier molecular flexibility index (Phi) is 6.26. The molecule has 2 amide bonds. The Hall–Kier alpha value is -1.30. The van der Waals surface area contributed by atoms with E-state index in [0.717, 1.165) is 19.3 Å². The van der Waals surface area contributed by atoms with Crippen molar-refractivity contribution >= 4 is 12.0 Å². The first-order valence-electron chi connectivity index (χ1n) is 7.35. The lowest BCUT2D eigenvalue weighted by Crippen LogP contribution is -2.52. The predicted octanol–water partition coefficient (Wildman–Crippen LogP) is 1.43. The standard InChI is InChI=1S/C14H26N2O4/c1-3-4-8-16(9-10-17)13(20)15-11-6-5-7-14(11,2)12(18)19/h11,17H,3-10H2,1-2H3,(H,15,20)(H,18,19). The van der Waals surface area contributed by atoms with Crippen LogP contribution in [0.3, 0.4) is 0 Å². The molecule has 1 rings (SSSR count). The molecule has 20 heavy (non-hydrogen) atoms. The number of nitrogens with zero attached hydrogens (tertiary/aromatic N) is 1. The second kappa shape index (κ2) is 7.47. The van der Waals surface area contributed by atoms with Gasteiger partial charge >= 0.3 is 12.0 Å². The van der Waals surface area contributed by atoms with Crippen molar-refractivity contribution < 1.29 is 19.8 Å². The molecule has 1 fully saturated rings. The van der Waals surface area contributed by atoms with Crippen molar-refractivity contribution in [3.63, 3.8) is 0 Å². The number of aliphatic hydroxyl groups is 1. The van der Waals surface area contributed by atoms with Gasteiger partial charge in [0.1, 0.15) is 0 Å². The van der Waals surface area contributed by atoms with Crippen LogP contribution in [-0.4, -0.2) is 52.9 Å². The lowest BCUT2D eigenvalue weighted by atomic mass is 9.85. The fourth-order valence-electron chi connectivity index (χ4n) is 2.68. The van der Waals surface area contributed by atoms with Gasteiger partial charge < -0.3 is 20.4 Å². The van der Waals surface area contributed by atoms with Crippen molar-refractivity contribution in [2.24, 2.45) is 5.41 Å². The fraction of sp³-hybridized carbons (Fsp3) is 0.857. The van der Waals surface area contributed by atoms with Crippen LogP contribution in [0.4, 0.5) is 4.79 Å². The number of urea groups is 1. The lowest BCUT2D eigenvalue weighted by molar-refractivity contribution is -0.148. The van der Waals surface area contributed by atoms with Gasteiger partial charge in [0.2, 0.25) is 0 Å². The topological polar surface area (TPSA) is 89.9 Å². The summed E-state index contributed by atoms with van der Waals surface area (Å²) in [5, 5.41) is 21.2. The summed E-state index contributed by atoms with van der Waals surface area (Å²) in [6.07, 6.45) is 3.92. The van der Waals surface area contributed by atoms with Crippen molar-refractivity contribution in [3.05, 3.63) is 0 Å². The fourth-order valence-corrected chi connectivity index (χ4v) is 2.68. The number of amides is 2. The van der Waals surface area contributed by atoms with Gasteiger partial charge in [0.05, 0.1) is 12.0 Å². The summed E-state index contributed by atoms with van der Waals surface area (Å²) >= 11 is 0. The number of carboxylic acid groups (broad SMARTS) is 1. The number of carbonyl (C=O) groups is 2. The van der Waals surface area contributed by atoms with E-state index in [9.17, 15) is 14.7 Å². The van der Waals surface area contributed by atoms with Gasteiger partial charge in [-0.05, 0) is 26.2 Å². The zero-order valence-corrected chi connectivity index (χ0v) is 12.4. The Morgan fingerprint density at radius 3 is 2.65 bits per heavy atom. The molecule has 6 heteroatoms. The minimum atomic E-state index is -0.884. The molecule has 0 bridgehead atoms. The summed E-state index contributed by atoms with van der Waals surface area (Å²) in [6.45, 7) is 4.50. The summed E-state index contributed by atoms with van der Waals surface area (Å²) in [5.74, 6) is -0.859. The predicted molar refractivity (Wildman–Crippen MR) is 75.5 cm³/mol. The van der Waals surface area contributed by atoms with Crippen LogP contribution < -0.4 is 5.32 Å². The van der Waals surface area contributed by atoms with Crippen molar-refractivity contribution in [1.82, 2.24) is 10.2 Å². The number of carboxylic acids is 1. The number of hydrogen-bond donors (Lipinski definition) is 3. The molecule has 1 saturated carbocycles. The molecule has 1 aliphatic rings. The highest BCUT2D eigenvalue weighted by molar-refractivity contribution is 5.79. The van der Waals surface area contributed by atoms with E-state index in [-0.39, 0.29) is 25.2 Å². The molecule has 0 radical (unpaired) electrons. The second-order valence-electron chi connectivity index (χ2n) is 5.68. The number of aliphatic hydroxyl groups excluding tert-OH is 1. The van der Waals surface area contributed by atoms with Gasteiger partial charge in [-0.2, -0.15) is 0 Å². The van der Waals surface area contributed by atoms with E-state index < -0.39 is 11.4 Å². The van der Waals surface area contributed by atoms with Gasteiger partial charge in [0.15, 0.2) is 0 Å². The van der Waals surface area contributed by atoms with E-state index in [1.807, 2.05) is 6.92 Å². The molecule has 0 saturated heterocycles. The summed E-state index contributed by atoms with van der Waals surface area (Å²) in [5.41, 5.74) is -0.884. The van der Waals surface area contributed by atoms with Crippen LogP contribution in [0.1, 0.15) is 46.0 Å². The normalized spacial score (nSPS) is 25.4. The van der Waals surface area contributed by atoms with Gasteiger partial charge in [-0.25, -0.2) is 4.79 Å². The molecule has 1 aliphatic carbocycles. The molecule has 6 nitrogen and oxygen atoms in total. The number of carbonyl (C=O) groups excluding carboxylic acids is 1. The molecular weight excluding hydrogens is 260 g/mol. The third kappa shape index (κ3) is 3.85. The average Bonchev–Trinajstić information content (AvgIpc) is 2.77. The minimum absolute atomic E-state index is 0.0853. The highest BCUT2D eigenvalue weighted by Gasteiger charge is 2.46. The molecule has 0 aromatic carbocycles. The van der Waals surface area contributed by atoms with E-state index >= 15 is 0 Å². The first kappa shape index (κ1) is 16.8. The van der Waals surface area contributed by atoms with Crippen molar-refractivity contribution in [2.45, 2.75) is 52.0 Å². The Labute approximate surface area is 120 Å². The van der Waals surface area contributed by atoms with E-state index in [0.29, 0.717) is 19.4 Å². The van der Waals surface area contributed by atoms with Crippen molar-refractivity contribution in [2.75, 3.05) is 19.7 Å². The molecule has 0 aromatic heterocycles. The largest absolute Gasteiger partial charge is 0.481 e. The molecule has 2 atom stereocenters. The number of hydrogen-bond acceptors (Lipinski definition) is 3. The van der Waals surface area contributed by atoms with Crippen LogP contribution >= 0.6 is 0 Å². The quantitative estimate of drug-likeness (QED) is 0.660. The first-order valence-corrected chi connectivity index (χ1v) is 7.35. The Bertz CT molecular complexity index is 348. The molecule has 0 heterocycles. The van der Waals surface area contributed by atoms with Crippen LogP contribution in [0.2, 0.25) is 0 Å². The maximum absolute atomic E-state index is 12.2. The van der Waals surface area contributed by atoms with Crippen molar-refractivity contribution in [3.8, 4) is 0 Å². The van der Waals surface area contributed by atoms with Gasteiger partial charge in [0, 0.05) is 19.1 Å². The number of rotatable bonds is 7. The number of nitrogens with one attached hydrogen (secondary N) is 1. The molecule has 3 N–H and O–H groups in total. The maximum atomic E-state index is 12.2. The second-order valence-corrected chi connectivity index (χ2v) is 5.68. The maximum Gasteiger partial charge on any atom is 0.317 e. The zero-order chi connectivity index (χ0) is 15.2. The highest BCUT2D eigenvalue weighted by Crippen LogP contribution is 2.38. The Morgan fingerprint density at radius 1 is 1.40 bits per heavy atom. The molecule has 116 valence electrons. The third-order valence-electron chi connectivity index (χ3n) is 4.18. The molecule has 2 unspecified atom stereocenters. The summed E-state index contributed by atoms with van der Waals surface area (Å²) in [7, 11) is 0. The summed E-state index contributed by atoms with van der Waals surface area (Å²) in [6, 6.07) is -0.609. The summed E-state index contributed by atoms with van der Waals surface area (Å²) in [4.78, 5) is 25.2. The zero-order valence-electron chi connectivity index (χ0n) is 12.4. The molecule has 0 aliphatic heterocycles. The number of aliphatic carboxylic acids is 1. The number of unbranched alkanes of at least 4 members (excludes halogenated alkanes) is 1. The van der Waals surface area contributed by atoms with E-state index in [1.165, 1.54) is 0 Å². The Balaban J connectivity index is 2.64. The van der Waals surface area contributed by atoms with E-state index in [4.69, 9.17) is 5.11 Å². The van der Waals surface area contributed by atoms with Crippen LogP contribution in [0.15, 0.2) is 0 Å². The van der Waals surface area contributed by atoms with E-state index in [2.05, 4.69) is 5.32 Å². The van der Waals surface area contributed by atoms with Crippen LogP contribution in [0, 0.1) is 5.41 Å². The van der Waals surface area contributed by atoms with Gasteiger partial charge in [-0.3, -0.25) is 4.79 Å². The Morgan fingerprint density at radius 2 is 2.10 bits per heavy atom. The van der Waals surface area contributed by atoms with Gasteiger partial charge in [-0.1, -0.05) is 19.8 Å². The van der Waals surface area contributed by atoms with Crippen LogP contribution in [-0.2, 0) is 4.79 Å². The smallest absolute Gasteiger partial charge is 0.317 e. The minimum Gasteiger partial charge on any atom is -0.481 e. The van der Waals surface area contributed by atoms with Gasteiger partial charge in [-0.15, -0.1) is 0 Å². The van der Waals surface area contributed by atoms with Crippen molar-refractivity contribution in [1.29, 1.82) is 0 Å². The highest BCUT2D eigenvalue weighted by atomic mass is 16.4.